The van der Waals surface area contributed by atoms with Gasteiger partial charge in [-0.05, 0) is 37.5 Å². The van der Waals surface area contributed by atoms with E-state index in [1.165, 1.54) is 18.2 Å². The highest BCUT2D eigenvalue weighted by Crippen LogP contribution is 2.17. The molecular weight excluding hydrogens is 286 g/mol. The van der Waals surface area contributed by atoms with Gasteiger partial charge in [-0.1, -0.05) is 18.2 Å². The molecular formula is C13H14ClNO3S. The molecule has 1 aromatic rings. The molecule has 102 valence electrons. The number of allylic oxidation sites excluding steroid dienone is 1. The molecule has 0 radical (unpaired) electrons. The van der Waals surface area contributed by atoms with E-state index in [-0.39, 0.29) is 16.8 Å². The first-order valence-electron chi connectivity index (χ1n) is 5.97. The van der Waals surface area contributed by atoms with E-state index in [1.54, 1.807) is 6.07 Å². The van der Waals surface area contributed by atoms with Gasteiger partial charge in [0, 0.05) is 22.3 Å². The van der Waals surface area contributed by atoms with Gasteiger partial charge in [0.1, 0.15) is 0 Å². The van der Waals surface area contributed by atoms with E-state index in [9.17, 15) is 13.2 Å². The van der Waals surface area contributed by atoms with Crippen molar-refractivity contribution in [3.63, 3.8) is 0 Å². The van der Waals surface area contributed by atoms with Crippen LogP contribution in [0.2, 0.25) is 0 Å². The second-order valence-electron chi connectivity index (χ2n) is 4.42. The molecule has 0 saturated carbocycles. The molecule has 4 nitrogen and oxygen atoms in total. The Morgan fingerprint density at radius 2 is 2.11 bits per heavy atom. The average Bonchev–Trinajstić information content (AvgIpc) is 2.39. The molecule has 0 spiro atoms. The SMILES string of the molecule is O=C(NC1CC=CCC1)c1cccc(S(=O)(=O)Cl)c1. The van der Waals surface area contributed by atoms with Gasteiger partial charge >= 0.3 is 0 Å². The largest absolute Gasteiger partial charge is 0.349 e. The normalized spacial score (nSPS) is 19.1. The van der Waals surface area contributed by atoms with E-state index in [0.717, 1.165) is 19.3 Å². The van der Waals surface area contributed by atoms with Crippen molar-refractivity contribution in [2.75, 3.05) is 0 Å². The van der Waals surface area contributed by atoms with Crippen LogP contribution in [-0.2, 0) is 9.05 Å². The van der Waals surface area contributed by atoms with Gasteiger partial charge in [-0.15, -0.1) is 0 Å². The lowest BCUT2D eigenvalue weighted by Gasteiger charge is -2.19. The van der Waals surface area contributed by atoms with Crippen LogP contribution >= 0.6 is 10.7 Å². The molecule has 6 heteroatoms. The number of benzene rings is 1. The summed E-state index contributed by atoms with van der Waals surface area (Å²) in [6.07, 6.45) is 6.77. The second-order valence-corrected chi connectivity index (χ2v) is 6.99. The first-order chi connectivity index (χ1) is 8.97. The van der Waals surface area contributed by atoms with Gasteiger partial charge in [0.15, 0.2) is 0 Å². The van der Waals surface area contributed by atoms with Crippen LogP contribution in [0.15, 0.2) is 41.3 Å². The van der Waals surface area contributed by atoms with E-state index in [2.05, 4.69) is 11.4 Å². The van der Waals surface area contributed by atoms with E-state index >= 15 is 0 Å². The van der Waals surface area contributed by atoms with Crippen LogP contribution in [0.4, 0.5) is 0 Å². The fraction of sp³-hybridized carbons (Fsp3) is 0.308. The summed E-state index contributed by atoms with van der Waals surface area (Å²) in [6, 6.07) is 5.83. The van der Waals surface area contributed by atoms with Crippen LogP contribution in [0.1, 0.15) is 29.6 Å². The second kappa shape index (κ2) is 5.75. The van der Waals surface area contributed by atoms with Crippen LogP contribution in [0.3, 0.4) is 0 Å². The summed E-state index contributed by atoms with van der Waals surface area (Å²) in [7, 11) is 1.45. The minimum atomic E-state index is -3.81. The third kappa shape index (κ3) is 3.81. The molecule has 0 aromatic heterocycles. The number of nitrogens with one attached hydrogen (secondary N) is 1. The average molecular weight is 300 g/mol. The lowest BCUT2D eigenvalue weighted by atomic mass is 10.0. The van der Waals surface area contributed by atoms with Gasteiger partial charge in [0.2, 0.25) is 0 Å². The van der Waals surface area contributed by atoms with Gasteiger partial charge in [0.25, 0.3) is 15.0 Å². The van der Waals surface area contributed by atoms with Gasteiger partial charge in [-0.2, -0.15) is 0 Å². The van der Waals surface area contributed by atoms with Crippen LogP contribution in [0, 0.1) is 0 Å². The predicted molar refractivity (Wildman–Crippen MR) is 73.7 cm³/mol. The Bertz CT molecular complexity index is 610. The fourth-order valence-electron chi connectivity index (χ4n) is 1.98. The fourth-order valence-corrected chi connectivity index (χ4v) is 2.78. The zero-order valence-corrected chi connectivity index (χ0v) is 11.7. The number of amides is 1. The Kier molecular flexibility index (Phi) is 4.27. The Hall–Kier alpha value is -1.33. The Balaban J connectivity index is 2.13. The first kappa shape index (κ1) is 14.1. The van der Waals surface area contributed by atoms with Crippen LogP contribution in [0.25, 0.3) is 0 Å². The molecule has 1 N–H and O–H groups in total. The summed E-state index contributed by atoms with van der Waals surface area (Å²) in [5.74, 6) is -0.275. The number of hydrogen-bond acceptors (Lipinski definition) is 3. The van der Waals surface area contributed by atoms with Crippen LogP contribution < -0.4 is 5.32 Å². The minimum absolute atomic E-state index is 0.0645. The molecule has 0 aliphatic heterocycles. The zero-order chi connectivity index (χ0) is 13.9. The van der Waals surface area contributed by atoms with E-state index in [4.69, 9.17) is 10.7 Å². The van der Waals surface area contributed by atoms with Gasteiger partial charge in [-0.3, -0.25) is 4.79 Å². The number of carbonyl (C=O) groups excluding carboxylic acids is 1. The van der Waals surface area contributed by atoms with Gasteiger partial charge in [0.05, 0.1) is 4.90 Å². The van der Waals surface area contributed by atoms with Crippen molar-refractivity contribution < 1.29 is 13.2 Å². The molecule has 0 saturated heterocycles. The zero-order valence-electron chi connectivity index (χ0n) is 10.2. The maximum absolute atomic E-state index is 12.0. The molecule has 0 fully saturated rings. The number of rotatable bonds is 3. The molecule has 0 heterocycles. The van der Waals surface area contributed by atoms with Crippen molar-refractivity contribution in [3.05, 3.63) is 42.0 Å². The highest BCUT2D eigenvalue weighted by Gasteiger charge is 2.16. The maximum Gasteiger partial charge on any atom is 0.261 e. The van der Waals surface area contributed by atoms with Gasteiger partial charge in [-0.25, -0.2) is 8.42 Å². The predicted octanol–water partition coefficient (Wildman–Crippen LogP) is 2.45. The molecule has 1 amide bonds. The molecule has 2 rings (SSSR count). The number of hydrogen-bond donors (Lipinski definition) is 1. The van der Waals surface area contributed by atoms with Gasteiger partial charge < -0.3 is 5.32 Å². The summed E-state index contributed by atoms with van der Waals surface area (Å²) in [6.45, 7) is 0. The van der Waals surface area contributed by atoms with Crippen LogP contribution in [0.5, 0.6) is 0 Å². The molecule has 1 aliphatic carbocycles. The highest BCUT2D eigenvalue weighted by atomic mass is 35.7. The molecule has 1 aromatic carbocycles. The van der Waals surface area contributed by atoms with Crippen molar-refractivity contribution in [3.8, 4) is 0 Å². The topological polar surface area (TPSA) is 63.2 Å². The van der Waals surface area contributed by atoms with E-state index in [1.807, 2.05) is 6.08 Å². The quantitative estimate of drug-likeness (QED) is 0.689. The molecule has 1 aliphatic rings. The van der Waals surface area contributed by atoms with Crippen molar-refractivity contribution >= 4 is 25.6 Å². The summed E-state index contributed by atoms with van der Waals surface area (Å²) in [5, 5.41) is 2.89. The monoisotopic (exact) mass is 299 g/mol. The number of halogens is 1. The van der Waals surface area contributed by atoms with Crippen molar-refractivity contribution in [1.82, 2.24) is 5.32 Å². The Labute approximate surface area is 116 Å². The summed E-state index contributed by atoms with van der Waals surface area (Å²) >= 11 is 0. The molecule has 0 bridgehead atoms. The summed E-state index contributed by atoms with van der Waals surface area (Å²) in [5.41, 5.74) is 0.302. The molecule has 19 heavy (non-hydrogen) atoms. The Morgan fingerprint density at radius 1 is 1.32 bits per heavy atom. The molecule has 1 atom stereocenters. The molecule has 1 unspecified atom stereocenters. The first-order valence-corrected chi connectivity index (χ1v) is 8.28. The van der Waals surface area contributed by atoms with Crippen molar-refractivity contribution in [2.24, 2.45) is 0 Å². The maximum atomic E-state index is 12.0. The number of carbonyl (C=O) groups is 1. The standard InChI is InChI=1S/C13H14ClNO3S/c14-19(17,18)12-8-4-5-10(9-12)13(16)15-11-6-2-1-3-7-11/h1-2,4-5,8-9,11H,3,6-7H2,(H,15,16). The minimum Gasteiger partial charge on any atom is -0.349 e. The highest BCUT2D eigenvalue weighted by molar-refractivity contribution is 8.13. The lowest BCUT2D eigenvalue weighted by molar-refractivity contribution is 0.0934. The van der Waals surface area contributed by atoms with E-state index in [0.29, 0.717) is 5.56 Å². The summed E-state index contributed by atoms with van der Waals surface area (Å²) in [4.78, 5) is 12.0. The van der Waals surface area contributed by atoms with Crippen molar-refractivity contribution in [2.45, 2.75) is 30.2 Å². The van der Waals surface area contributed by atoms with Crippen LogP contribution in [-0.4, -0.2) is 20.4 Å². The third-order valence-electron chi connectivity index (χ3n) is 2.98. The smallest absolute Gasteiger partial charge is 0.261 e. The third-order valence-corrected chi connectivity index (χ3v) is 4.33. The van der Waals surface area contributed by atoms with Crippen molar-refractivity contribution in [1.29, 1.82) is 0 Å². The van der Waals surface area contributed by atoms with E-state index < -0.39 is 9.05 Å². The summed E-state index contributed by atoms with van der Waals surface area (Å²) < 4.78 is 22.4. The lowest BCUT2D eigenvalue weighted by Crippen LogP contribution is -2.35. The Morgan fingerprint density at radius 3 is 2.74 bits per heavy atom.